The molecule has 1 aliphatic rings. The van der Waals surface area contributed by atoms with E-state index in [1.54, 1.807) is 6.07 Å². The van der Waals surface area contributed by atoms with E-state index >= 15 is 0 Å². The molecule has 0 saturated heterocycles. The van der Waals surface area contributed by atoms with Gasteiger partial charge in [0.2, 0.25) is 0 Å². The molecule has 0 N–H and O–H groups in total. The molecule has 0 amide bonds. The Bertz CT molecular complexity index is 650. The highest BCUT2D eigenvalue weighted by Crippen LogP contribution is 2.56. The normalized spacial score (nSPS) is 25.6. The first-order chi connectivity index (χ1) is 8.83. The van der Waals surface area contributed by atoms with Crippen molar-refractivity contribution in [3.63, 3.8) is 0 Å². The third kappa shape index (κ3) is 1.93. The Morgan fingerprint density at radius 1 is 1.00 bits per heavy atom. The first kappa shape index (κ1) is 15.6. The molecule has 0 bridgehead atoms. The van der Waals surface area contributed by atoms with Gasteiger partial charge in [-0.05, 0) is 34.8 Å². The maximum atomic E-state index is 12.8. The van der Waals surface area contributed by atoms with Crippen LogP contribution in [0.5, 0.6) is 0 Å². The van der Waals surface area contributed by atoms with Crippen LogP contribution in [0.1, 0.15) is 52.7 Å². The summed E-state index contributed by atoms with van der Waals surface area (Å²) in [5.41, 5.74) is 1.45. The van der Waals surface area contributed by atoms with E-state index in [-0.39, 0.29) is 22.0 Å². The van der Waals surface area contributed by atoms with E-state index in [1.165, 1.54) is 0 Å². The van der Waals surface area contributed by atoms with Gasteiger partial charge in [0, 0.05) is 0 Å². The highest BCUT2D eigenvalue weighted by atomic mass is 32.2. The van der Waals surface area contributed by atoms with Crippen molar-refractivity contribution >= 4 is 9.84 Å². The van der Waals surface area contributed by atoms with Crippen LogP contribution in [0.2, 0.25) is 0 Å². The van der Waals surface area contributed by atoms with Gasteiger partial charge < -0.3 is 0 Å². The Morgan fingerprint density at radius 2 is 1.55 bits per heavy atom. The first-order valence-electron chi connectivity index (χ1n) is 7.17. The van der Waals surface area contributed by atoms with Gasteiger partial charge in [0.1, 0.15) is 0 Å². The second-order valence-corrected chi connectivity index (χ2v) is 9.85. The number of hydrogen-bond donors (Lipinski definition) is 0. The van der Waals surface area contributed by atoms with Crippen LogP contribution in [0.25, 0.3) is 0 Å². The summed E-state index contributed by atoms with van der Waals surface area (Å²) in [6.07, 6.45) is 0. The molecule has 0 aromatic heterocycles. The van der Waals surface area contributed by atoms with Gasteiger partial charge in [0.05, 0.1) is 10.6 Å². The minimum absolute atomic E-state index is 0.133. The first-order valence-corrected chi connectivity index (χ1v) is 8.82. The van der Waals surface area contributed by atoms with E-state index in [0.29, 0.717) is 4.90 Å². The monoisotopic (exact) mass is 294 g/mol. The van der Waals surface area contributed by atoms with Crippen molar-refractivity contribution in [1.29, 1.82) is 0 Å². The molecule has 1 aromatic rings. The Hall–Kier alpha value is -0.830. The molecule has 112 valence electrons. The van der Waals surface area contributed by atoms with Crippen LogP contribution in [-0.4, -0.2) is 14.2 Å². The molecule has 2 nitrogen and oxygen atoms in total. The van der Waals surface area contributed by atoms with Crippen molar-refractivity contribution in [3.05, 3.63) is 29.3 Å². The van der Waals surface area contributed by atoms with Gasteiger partial charge >= 0.3 is 0 Å². The fourth-order valence-corrected chi connectivity index (χ4v) is 5.71. The summed E-state index contributed by atoms with van der Waals surface area (Å²) in [5.74, 6) is 0.201. The molecule has 1 aliphatic heterocycles. The Balaban J connectivity index is 2.91. The van der Waals surface area contributed by atoms with E-state index in [2.05, 4.69) is 47.6 Å². The maximum absolute atomic E-state index is 12.8. The Labute approximate surface area is 123 Å². The van der Waals surface area contributed by atoms with Crippen LogP contribution in [-0.2, 0) is 15.3 Å². The second-order valence-electron chi connectivity index (χ2n) is 7.89. The third-order valence-corrected chi connectivity index (χ3v) is 8.08. The number of fused-ring (bicyclic) bond motifs is 1. The Kier molecular flexibility index (Phi) is 3.18. The summed E-state index contributed by atoms with van der Waals surface area (Å²) in [6.45, 7) is 14.9. The molecule has 1 aromatic carbocycles. The average Bonchev–Trinajstić information content (AvgIpc) is 2.27. The van der Waals surface area contributed by atoms with Crippen molar-refractivity contribution in [2.24, 2.45) is 10.8 Å². The minimum Gasteiger partial charge on any atom is -0.224 e. The standard InChI is InChI=1S/C17H26O2S/c1-12-8-9-14-13(10-12)16(4,5)17(6,7)15(2,3)11-20(14,18)19/h8-10H,11H2,1-7H3. The highest BCUT2D eigenvalue weighted by molar-refractivity contribution is 7.91. The van der Waals surface area contributed by atoms with Crippen LogP contribution in [0, 0.1) is 17.8 Å². The van der Waals surface area contributed by atoms with Crippen molar-refractivity contribution in [2.75, 3.05) is 5.75 Å². The molecule has 20 heavy (non-hydrogen) atoms. The largest absolute Gasteiger partial charge is 0.224 e. The minimum atomic E-state index is -3.25. The van der Waals surface area contributed by atoms with Gasteiger partial charge in [-0.3, -0.25) is 0 Å². The molecule has 2 rings (SSSR count). The van der Waals surface area contributed by atoms with E-state index in [4.69, 9.17) is 0 Å². The van der Waals surface area contributed by atoms with Gasteiger partial charge in [-0.25, -0.2) is 8.42 Å². The molecule has 0 atom stereocenters. The van der Waals surface area contributed by atoms with Crippen LogP contribution >= 0.6 is 0 Å². The zero-order chi connectivity index (χ0) is 15.6. The smallest absolute Gasteiger partial charge is 0.179 e. The summed E-state index contributed by atoms with van der Waals surface area (Å²) in [7, 11) is -3.25. The van der Waals surface area contributed by atoms with Crippen LogP contribution < -0.4 is 0 Å². The average molecular weight is 294 g/mol. The van der Waals surface area contributed by atoms with E-state index < -0.39 is 9.84 Å². The fourth-order valence-electron chi connectivity index (χ4n) is 3.32. The number of sulfone groups is 1. The van der Waals surface area contributed by atoms with Crippen molar-refractivity contribution in [3.8, 4) is 0 Å². The quantitative estimate of drug-likeness (QED) is 0.721. The lowest BCUT2D eigenvalue weighted by molar-refractivity contribution is 0.0497. The summed E-state index contributed by atoms with van der Waals surface area (Å²) in [5, 5.41) is 0. The number of hydrogen-bond acceptors (Lipinski definition) is 2. The van der Waals surface area contributed by atoms with Crippen molar-refractivity contribution < 1.29 is 8.42 Å². The number of rotatable bonds is 0. The molecule has 0 aliphatic carbocycles. The summed E-state index contributed by atoms with van der Waals surface area (Å²) >= 11 is 0. The molecule has 0 unspecified atom stereocenters. The molecule has 0 spiro atoms. The molecule has 3 heteroatoms. The van der Waals surface area contributed by atoms with E-state index in [9.17, 15) is 8.42 Å². The predicted octanol–water partition coefficient (Wildman–Crippen LogP) is 4.11. The van der Waals surface area contributed by atoms with Crippen molar-refractivity contribution in [2.45, 2.75) is 58.8 Å². The molecular weight excluding hydrogens is 268 g/mol. The van der Waals surface area contributed by atoms with E-state index in [1.807, 2.05) is 13.0 Å². The van der Waals surface area contributed by atoms with E-state index in [0.717, 1.165) is 11.1 Å². The highest BCUT2D eigenvalue weighted by Gasteiger charge is 2.54. The van der Waals surface area contributed by atoms with Gasteiger partial charge in [0.25, 0.3) is 0 Å². The van der Waals surface area contributed by atoms with Gasteiger partial charge in [-0.2, -0.15) is 0 Å². The summed E-state index contributed by atoms with van der Waals surface area (Å²) in [6, 6.07) is 5.74. The molecular formula is C17H26O2S. The molecule has 0 fully saturated rings. The van der Waals surface area contributed by atoms with Gasteiger partial charge in [-0.1, -0.05) is 59.2 Å². The molecule has 0 saturated carbocycles. The third-order valence-electron chi connectivity index (χ3n) is 5.95. The maximum Gasteiger partial charge on any atom is 0.179 e. The van der Waals surface area contributed by atoms with Gasteiger partial charge in [0.15, 0.2) is 9.84 Å². The van der Waals surface area contributed by atoms with Crippen molar-refractivity contribution in [1.82, 2.24) is 0 Å². The zero-order valence-electron chi connectivity index (χ0n) is 13.7. The van der Waals surface area contributed by atoms with Gasteiger partial charge in [-0.15, -0.1) is 0 Å². The lowest BCUT2D eigenvalue weighted by Gasteiger charge is -2.50. The summed E-state index contributed by atoms with van der Waals surface area (Å²) < 4.78 is 25.6. The number of benzene rings is 1. The predicted molar refractivity (Wildman–Crippen MR) is 83.8 cm³/mol. The zero-order valence-corrected chi connectivity index (χ0v) is 14.5. The fraction of sp³-hybridized carbons (Fsp3) is 0.647. The molecule has 1 heterocycles. The Morgan fingerprint density at radius 3 is 2.10 bits per heavy atom. The SMILES string of the molecule is Cc1ccc2c(c1)C(C)(C)C(C)(C)C(C)(C)CS2(=O)=O. The second kappa shape index (κ2) is 4.09. The molecule has 0 radical (unpaired) electrons. The lowest BCUT2D eigenvalue weighted by atomic mass is 9.53. The van der Waals surface area contributed by atoms with Crippen LogP contribution in [0.4, 0.5) is 0 Å². The lowest BCUT2D eigenvalue weighted by Crippen LogP contribution is -2.48. The summed E-state index contributed by atoms with van der Waals surface area (Å²) in [4.78, 5) is 0.520. The number of aryl methyl sites for hydroxylation is 1. The van der Waals surface area contributed by atoms with Crippen LogP contribution in [0.15, 0.2) is 23.1 Å². The van der Waals surface area contributed by atoms with Crippen LogP contribution in [0.3, 0.4) is 0 Å². The topological polar surface area (TPSA) is 34.1 Å².